The maximum atomic E-state index is 12.9. The van der Waals surface area contributed by atoms with Crippen LogP contribution in [0.2, 0.25) is 10.0 Å². The number of hydrogen-bond donors (Lipinski definition) is 1. The molecule has 2 aromatic carbocycles. The molecule has 1 atom stereocenters. The Balaban J connectivity index is 1.56. The van der Waals surface area contributed by atoms with Gasteiger partial charge in [0.25, 0.3) is 0 Å². The highest BCUT2D eigenvalue weighted by Gasteiger charge is 2.36. The molecule has 10 heteroatoms. The van der Waals surface area contributed by atoms with Crippen molar-refractivity contribution < 1.29 is 23.6 Å². The molecule has 1 fully saturated rings. The molecule has 1 aliphatic rings. The largest absolute Gasteiger partial charge is 0.462 e. The zero-order valence-corrected chi connectivity index (χ0v) is 19.0. The predicted octanol–water partition coefficient (Wildman–Crippen LogP) is 4.82. The van der Waals surface area contributed by atoms with Gasteiger partial charge in [-0.1, -0.05) is 40.5 Å². The van der Waals surface area contributed by atoms with Crippen LogP contribution in [0.3, 0.4) is 0 Å². The van der Waals surface area contributed by atoms with Crippen LogP contribution in [0.15, 0.2) is 53.1 Å². The van der Waals surface area contributed by atoms with Crippen LogP contribution in [0.1, 0.15) is 23.7 Å². The molecule has 3 aromatic rings. The van der Waals surface area contributed by atoms with Crippen LogP contribution in [-0.2, 0) is 14.3 Å². The maximum Gasteiger partial charge on any atom is 0.346 e. The zero-order chi connectivity index (χ0) is 23.5. The number of carbonyl (C=O) groups excluding carboxylic acids is 3. The fourth-order valence-corrected chi connectivity index (χ4v) is 3.79. The lowest BCUT2D eigenvalue weighted by Gasteiger charge is -2.16. The molecule has 1 N–H and O–H groups in total. The van der Waals surface area contributed by atoms with Crippen LogP contribution >= 0.6 is 23.2 Å². The predicted molar refractivity (Wildman–Crippen MR) is 123 cm³/mol. The summed E-state index contributed by atoms with van der Waals surface area (Å²) in [5.41, 5.74) is 1.42. The molecule has 0 spiro atoms. The van der Waals surface area contributed by atoms with Crippen molar-refractivity contribution in [3.05, 3.63) is 64.1 Å². The van der Waals surface area contributed by atoms with Crippen molar-refractivity contribution in [2.75, 3.05) is 23.4 Å². The van der Waals surface area contributed by atoms with E-state index in [0.29, 0.717) is 21.3 Å². The molecule has 1 unspecified atom stereocenters. The number of benzene rings is 2. The van der Waals surface area contributed by atoms with Gasteiger partial charge in [-0.15, -0.1) is 0 Å². The molecule has 170 valence electrons. The van der Waals surface area contributed by atoms with E-state index < -0.39 is 17.8 Å². The minimum Gasteiger partial charge on any atom is -0.462 e. The number of rotatable bonds is 6. The Morgan fingerprint density at radius 1 is 1.12 bits per heavy atom. The van der Waals surface area contributed by atoms with E-state index in [0.717, 1.165) is 0 Å². The number of ether oxygens (including phenoxy) is 1. The Hall–Kier alpha value is -3.36. The molecule has 33 heavy (non-hydrogen) atoms. The first-order valence-electron chi connectivity index (χ1n) is 10.2. The summed E-state index contributed by atoms with van der Waals surface area (Å²) in [6, 6.07) is 13.4. The van der Waals surface area contributed by atoms with Crippen molar-refractivity contribution in [3.8, 4) is 11.3 Å². The van der Waals surface area contributed by atoms with E-state index in [1.807, 2.05) is 0 Å². The molecule has 1 aliphatic heterocycles. The van der Waals surface area contributed by atoms with Crippen LogP contribution < -0.4 is 10.2 Å². The number of halogens is 2. The summed E-state index contributed by atoms with van der Waals surface area (Å²) in [6.45, 7) is 1.98. The second-order valence-corrected chi connectivity index (χ2v) is 8.21. The van der Waals surface area contributed by atoms with Crippen molar-refractivity contribution in [2.24, 2.45) is 5.92 Å². The molecule has 0 bridgehead atoms. The van der Waals surface area contributed by atoms with Crippen molar-refractivity contribution in [1.82, 2.24) is 5.16 Å². The Bertz CT molecular complexity index is 1190. The summed E-state index contributed by atoms with van der Waals surface area (Å²) >= 11 is 11.9. The van der Waals surface area contributed by atoms with Crippen molar-refractivity contribution in [1.29, 1.82) is 0 Å². The van der Waals surface area contributed by atoms with Crippen molar-refractivity contribution in [2.45, 2.75) is 13.3 Å². The van der Waals surface area contributed by atoms with Crippen LogP contribution in [0.4, 0.5) is 11.6 Å². The molecule has 0 radical (unpaired) electrons. The van der Waals surface area contributed by atoms with Gasteiger partial charge in [0.1, 0.15) is 5.69 Å². The molecular weight excluding hydrogens is 469 g/mol. The molecule has 2 amide bonds. The number of nitrogens with one attached hydrogen (secondary N) is 1. The summed E-state index contributed by atoms with van der Waals surface area (Å²) in [7, 11) is 0. The van der Waals surface area contributed by atoms with E-state index >= 15 is 0 Å². The standard InChI is InChI=1S/C23H19Cl2N3O5/c1-2-32-23(31)19-20(13-3-5-15(24)6-4-13)27-33-22(19)26-21(30)14-11-18(29)28(12-14)17-9-7-16(25)8-10-17/h3-10,14H,2,11-12H2,1H3,(H,26,30). The van der Waals surface area contributed by atoms with E-state index in [2.05, 4.69) is 10.5 Å². The first kappa shape index (κ1) is 22.8. The van der Waals surface area contributed by atoms with Gasteiger partial charge in [-0.25, -0.2) is 4.79 Å². The first-order valence-corrected chi connectivity index (χ1v) is 10.9. The maximum absolute atomic E-state index is 12.9. The third kappa shape index (κ3) is 4.86. The lowest BCUT2D eigenvalue weighted by Crippen LogP contribution is -2.28. The third-order valence-electron chi connectivity index (χ3n) is 5.16. The lowest BCUT2D eigenvalue weighted by molar-refractivity contribution is -0.122. The van der Waals surface area contributed by atoms with Crippen LogP contribution in [0, 0.1) is 5.92 Å². The van der Waals surface area contributed by atoms with E-state index in [4.69, 9.17) is 32.5 Å². The van der Waals surface area contributed by atoms with E-state index in [-0.39, 0.29) is 42.6 Å². The highest BCUT2D eigenvalue weighted by atomic mass is 35.5. The number of carbonyl (C=O) groups is 3. The van der Waals surface area contributed by atoms with Crippen LogP contribution in [0.25, 0.3) is 11.3 Å². The summed E-state index contributed by atoms with van der Waals surface area (Å²) in [4.78, 5) is 39.6. The van der Waals surface area contributed by atoms with E-state index in [1.165, 1.54) is 4.90 Å². The van der Waals surface area contributed by atoms with E-state index in [1.54, 1.807) is 55.5 Å². The highest BCUT2D eigenvalue weighted by Crippen LogP contribution is 2.32. The average Bonchev–Trinajstić information content (AvgIpc) is 3.39. The first-order chi connectivity index (χ1) is 15.9. The quantitative estimate of drug-likeness (QED) is 0.500. The molecular formula is C23H19Cl2N3O5. The summed E-state index contributed by atoms with van der Waals surface area (Å²) in [5, 5.41) is 7.63. The van der Waals surface area contributed by atoms with Crippen molar-refractivity contribution >= 4 is 52.6 Å². The number of hydrogen-bond acceptors (Lipinski definition) is 6. The highest BCUT2D eigenvalue weighted by molar-refractivity contribution is 6.31. The van der Waals surface area contributed by atoms with Gasteiger partial charge in [-0.2, -0.15) is 0 Å². The summed E-state index contributed by atoms with van der Waals surface area (Å²) in [6.07, 6.45) is 0.0153. The van der Waals surface area contributed by atoms with Gasteiger partial charge in [0, 0.05) is 34.3 Å². The normalized spacial score (nSPS) is 15.5. The monoisotopic (exact) mass is 487 g/mol. The Morgan fingerprint density at radius 2 is 1.76 bits per heavy atom. The topological polar surface area (TPSA) is 102 Å². The molecule has 8 nitrogen and oxygen atoms in total. The number of esters is 1. The fraction of sp³-hybridized carbons (Fsp3) is 0.217. The second kappa shape index (κ2) is 9.64. The Morgan fingerprint density at radius 3 is 2.39 bits per heavy atom. The second-order valence-electron chi connectivity index (χ2n) is 7.33. The fourth-order valence-electron chi connectivity index (χ4n) is 3.54. The Labute approximate surface area is 199 Å². The van der Waals surface area contributed by atoms with E-state index in [9.17, 15) is 14.4 Å². The molecule has 2 heterocycles. The van der Waals surface area contributed by atoms with Gasteiger partial charge in [0.2, 0.25) is 17.7 Å². The summed E-state index contributed by atoms with van der Waals surface area (Å²) < 4.78 is 10.4. The van der Waals surface area contributed by atoms with Crippen molar-refractivity contribution in [3.63, 3.8) is 0 Å². The minimum atomic E-state index is -0.690. The number of nitrogens with zero attached hydrogens (tertiary/aromatic N) is 2. The van der Waals surface area contributed by atoms with Gasteiger partial charge >= 0.3 is 5.97 Å². The van der Waals surface area contributed by atoms with Gasteiger partial charge in [-0.3, -0.25) is 14.9 Å². The molecule has 0 aliphatic carbocycles. The van der Waals surface area contributed by atoms with Gasteiger partial charge < -0.3 is 14.2 Å². The number of anilines is 2. The lowest BCUT2D eigenvalue weighted by atomic mass is 10.1. The SMILES string of the molecule is CCOC(=O)c1c(-c2ccc(Cl)cc2)noc1NC(=O)C1CC(=O)N(c2ccc(Cl)cc2)C1. The van der Waals surface area contributed by atoms with Gasteiger partial charge in [0.05, 0.1) is 12.5 Å². The van der Waals surface area contributed by atoms with Gasteiger partial charge in [-0.05, 0) is 43.3 Å². The molecule has 1 saturated heterocycles. The number of aromatic nitrogens is 1. The summed E-state index contributed by atoms with van der Waals surface area (Å²) in [5.74, 6) is -2.14. The van der Waals surface area contributed by atoms with Crippen LogP contribution in [-0.4, -0.2) is 36.1 Å². The molecule has 1 aromatic heterocycles. The third-order valence-corrected chi connectivity index (χ3v) is 5.66. The molecule has 4 rings (SSSR count). The Kier molecular flexibility index (Phi) is 6.67. The minimum absolute atomic E-state index is 0.00796. The van der Waals surface area contributed by atoms with Crippen LogP contribution in [0.5, 0.6) is 0 Å². The molecule has 0 saturated carbocycles. The zero-order valence-electron chi connectivity index (χ0n) is 17.5. The average molecular weight is 488 g/mol. The number of amides is 2. The van der Waals surface area contributed by atoms with Gasteiger partial charge in [0.15, 0.2) is 5.56 Å². The smallest absolute Gasteiger partial charge is 0.346 e.